The van der Waals surface area contributed by atoms with Gasteiger partial charge in [0.05, 0.1) is 0 Å². The summed E-state index contributed by atoms with van der Waals surface area (Å²) in [5, 5.41) is 2.14. The van der Waals surface area contributed by atoms with Crippen molar-refractivity contribution >= 4 is 33.0 Å². The van der Waals surface area contributed by atoms with Crippen molar-refractivity contribution in [2.45, 2.75) is 26.7 Å². The van der Waals surface area contributed by atoms with E-state index in [2.05, 4.69) is 32.9 Å². The first-order valence-electron chi connectivity index (χ1n) is 4.78. The summed E-state index contributed by atoms with van der Waals surface area (Å²) in [6.45, 7) is 6.66. The van der Waals surface area contributed by atoms with Crippen LogP contribution in [0.3, 0.4) is 0 Å². The largest absolute Gasteiger partial charge is 0.140 e. The third-order valence-electron chi connectivity index (χ3n) is 2.46. The van der Waals surface area contributed by atoms with E-state index in [9.17, 15) is 0 Å². The predicted octanol–water partition coefficient (Wildman–Crippen LogP) is 4.99. The normalized spacial score (nSPS) is 11.5. The lowest BCUT2D eigenvalue weighted by molar-refractivity contribution is 0.882. The van der Waals surface area contributed by atoms with Crippen LogP contribution in [0.4, 0.5) is 0 Å². The fourth-order valence-corrected chi connectivity index (χ4v) is 3.13. The fourth-order valence-electron chi connectivity index (χ4n) is 1.76. The lowest BCUT2D eigenvalue weighted by Gasteiger charge is -2.01. The monoisotopic (exact) mass is 224 g/mol. The Kier molecular flexibility index (Phi) is 2.54. The molecule has 2 aromatic rings. The lowest BCUT2D eigenvalue weighted by atomic mass is 10.1. The van der Waals surface area contributed by atoms with E-state index in [1.807, 2.05) is 17.4 Å². The molecule has 0 atom stereocenters. The van der Waals surface area contributed by atoms with Crippen molar-refractivity contribution in [2.75, 3.05) is 0 Å². The van der Waals surface area contributed by atoms with E-state index in [1.54, 1.807) is 0 Å². The molecule has 0 bridgehead atoms. The Hall–Kier alpha value is -0.530. The highest BCUT2D eigenvalue weighted by atomic mass is 35.5. The molecule has 0 spiro atoms. The van der Waals surface area contributed by atoms with Crippen LogP contribution in [-0.2, 0) is 0 Å². The molecule has 14 heavy (non-hydrogen) atoms. The summed E-state index contributed by atoms with van der Waals surface area (Å²) in [6.07, 6.45) is 0. The van der Waals surface area contributed by atoms with Gasteiger partial charge in [0.15, 0.2) is 0 Å². The molecule has 2 rings (SSSR count). The Morgan fingerprint density at radius 2 is 2.00 bits per heavy atom. The van der Waals surface area contributed by atoms with Crippen molar-refractivity contribution < 1.29 is 0 Å². The Balaban J connectivity index is 2.74. The van der Waals surface area contributed by atoms with Crippen molar-refractivity contribution in [3.8, 4) is 0 Å². The van der Waals surface area contributed by atoms with E-state index in [4.69, 9.17) is 11.6 Å². The van der Waals surface area contributed by atoms with E-state index in [-0.39, 0.29) is 0 Å². The molecule has 1 aromatic carbocycles. The molecule has 0 radical (unpaired) electrons. The van der Waals surface area contributed by atoms with Gasteiger partial charge >= 0.3 is 0 Å². The van der Waals surface area contributed by atoms with Crippen molar-refractivity contribution in [1.82, 2.24) is 0 Å². The predicted molar refractivity (Wildman–Crippen MR) is 65.7 cm³/mol. The van der Waals surface area contributed by atoms with E-state index >= 15 is 0 Å². The Morgan fingerprint density at radius 1 is 1.29 bits per heavy atom. The zero-order valence-corrected chi connectivity index (χ0v) is 10.2. The molecule has 0 saturated carbocycles. The summed E-state index contributed by atoms with van der Waals surface area (Å²) in [5.41, 5.74) is 1.39. The van der Waals surface area contributed by atoms with Gasteiger partial charge in [-0.25, -0.2) is 0 Å². The first-order valence-corrected chi connectivity index (χ1v) is 5.97. The van der Waals surface area contributed by atoms with Crippen molar-refractivity contribution in [3.05, 3.63) is 33.7 Å². The molecule has 0 N–H and O–H groups in total. The molecule has 2 heteroatoms. The van der Waals surface area contributed by atoms with Gasteiger partial charge in [-0.05, 0) is 42.0 Å². The third kappa shape index (κ3) is 1.55. The molecule has 0 aliphatic rings. The molecule has 0 saturated heterocycles. The average molecular weight is 225 g/mol. The number of aryl methyl sites for hydroxylation is 1. The molecule has 1 aromatic heterocycles. The van der Waals surface area contributed by atoms with Crippen LogP contribution in [0.25, 0.3) is 10.1 Å². The maximum absolute atomic E-state index is 5.98. The van der Waals surface area contributed by atoms with Crippen LogP contribution in [0.15, 0.2) is 18.2 Å². The number of rotatable bonds is 1. The Morgan fingerprint density at radius 3 is 2.64 bits per heavy atom. The maximum atomic E-state index is 5.98. The summed E-state index contributed by atoms with van der Waals surface area (Å²) in [7, 11) is 0. The molecular weight excluding hydrogens is 212 g/mol. The smallest absolute Gasteiger partial charge is 0.0413 e. The second-order valence-electron chi connectivity index (χ2n) is 3.89. The molecule has 74 valence electrons. The summed E-state index contributed by atoms with van der Waals surface area (Å²) in [4.78, 5) is 1.47. The van der Waals surface area contributed by atoms with Crippen LogP contribution in [0.1, 0.15) is 30.2 Å². The SMILES string of the molecule is Cc1c(C(C)C)sc2ccc(Cl)cc12. The van der Waals surface area contributed by atoms with Gasteiger partial charge in [0.1, 0.15) is 0 Å². The molecule has 0 fully saturated rings. The molecule has 0 unspecified atom stereocenters. The van der Waals surface area contributed by atoms with Crippen LogP contribution in [-0.4, -0.2) is 0 Å². The highest BCUT2D eigenvalue weighted by molar-refractivity contribution is 7.19. The van der Waals surface area contributed by atoms with Crippen molar-refractivity contribution in [3.63, 3.8) is 0 Å². The third-order valence-corrected chi connectivity index (χ3v) is 4.27. The van der Waals surface area contributed by atoms with Crippen molar-refractivity contribution in [2.24, 2.45) is 0 Å². The quantitative estimate of drug-likeness (QED) is 0.641. The molecule has 0 aliphatic carbocycles. The number of halogens is 1. The van der Waals surface area contributed by atoms with E-state index in [1.165, 1.54) is 20.5 Å². The summed E-state index contributed by atoms with van der Waals surface area (Å²) < 4.78 is 1.34. The second-order valence-corrected chi connectivity index (χ2v) is 5.41. The van der Waals surface area contributed by atoms with Gasteiger partial charge in [-0.1, -0.05) is 25.4 Å². The summed E-state index contributed by atoms with van der Waals surface area (Å²) in [5.74, 6) is 0.603. The van der Waals surface area contributed by atoms with Gasteiger partial charge in [-0.2, -0.15) is 0 Å². The average Bonchev–Trinajstić information content (AvgIpc) is 2.44. The van der Waals surface area contributed by atoms with Gasteiger partial charge in [0.2, 0.25) is 0 Å². The van der Waals surface area contributed by atoms with Gasteiger partial charge in [0.25, 0.3) is 0 Å². The van der Waals surface area contributed by atoms with Crippen molar-refractivity contribution in [1.29, 1.82) is 0 Å². The van der Waals surface area contributed by atoms with Crippen LogP contribution in [0, 0.1) is 6.92 Å². The molecule has 0 amide bonds. The van der Waals surface area contributed by atoms with Crippen LogP contribution in [0.2, 0.25) is 5.02 Å². The topological polar surface area (TPSA) is 0 Å². The molecule has 0 nitrogen and oxygen atoms in total. The number of benzene rings is 1. The molecular formula is C12H13ClS. The zero-order valence-electron chi connectivity index (χ0n) is 8.60. The summed E-state index contributed by atoms with van der Waals surface area (Å²) in [6, 6.07) is 6.14. The van der Waals surface area contributed by atoms with Crippen LogP contribution in [0.5, 0.6) is 0 Å². The number of hydrogen-bond donors (Lipinski definition) is 0. The van der Waals surface area contributed by atoms with Gasteiger partial charge in [-0.3, -0.25) is 0 Å². The minimum absolute atomic E-state index is 0.603. The minimum Gasteiger partial charge on any atom is -0.140 e. The first-order chi connectivity index (χ1) is 6.59. The summed E-state index contributed by atoms with van der Waals surface area (Å²) >= 11 is 7.87. The maximum Gasteiger partial charge on any atom is 0.0413 e. The molecule has 1 heterocycles. The highest BCUT2D eigenvalue weighted by Crippen LogP contribution is 2.36. The number of thiophene rings is 1. The van der Waals surface area contributed by atoms with Crippen LogP contribution < -0.4 is 0 Å². The van der Waals surface area contributed by atoms with E-state index in [0.29, 0.717) is 5.92 Å². The van der Waals surface area contributed by atoms with Gasteiger partial charge in [-0.15, -0.1) is 11.3 Å². The first kappa shape index (κ1) is 10.0. The standard InChI is InChI=1S/C12H13ClS/c1-7(2)12-8(3)10-6-9(13)4-5-11(10)14-12/h4-7H,1-3H3. The zero-order chi connectivity index (χ0) is 10.3. The van der Waals surface area contributed by atoms with E-state index in [0.717, 1.165) is 5.02 Å². The fraction of sp³-hybridized carbons (Fsp3) is 0.333. The molecule has 0 aliphatic heterocycles. The minimum atomic E-state index is 0.603. The number of hydrogen-bond acceptors (Lipinski definition) is 1. The van der Waals surface area contributed by atoms with Gasteiger partial charge in [0, 0.05) is 14.6 Å². The second kappa shape index (κ2) is 3.56. The Bertz CT molecular complexity index is 468. The van der Waals surface area contributed by atoms with E-state index < -0.39 is 0 Å². The highest BCUT2D eigenvalue weighted by Gasteiger charge is 2.10. The number of fused-ring (bicyclic) bond motifs is 1. The lowest BCUT2D eigenvalue weighted by Crippen LogP contribution is -1.83. The Labute approximate surface area is 93.5 Å². The van der Waals surface area contributed by atoms with Gasteiger partial charge < -0.3 is 0 Å². The van der Waals surface area contributed by atoms with Crippen LogP contribution >= 0.6 is 22.9 Å².